The first kappa shape index (κ1) is 12.8. The number of nitrogens with zero attached hydrogens (tertiary/aromatic N) is 2. The van der Waals surface area contributed by atoms with Crippen molar-refractivity contribution < 1.29 is 0 Å². The molecule has 2 aromatic carbocycles. The van der Waals surface area contributed by atoms with Crippen molar-refractivity contribution in [2.24, 2.45) is 0 Å². The van der Waals surface area contributed by atoms with Gasteiger partial charge in [0.2, 0.25) is 0 Å². The van der Waals surface area contributed by atoms with Gasteiger partial charge in [-0.15, -0.1) is 10.2 Å². The van der Waals surface area contributed by atoms with E-state index in [1.165, 1.54) is 17.5 Å². The summed E-state index contributed by atoms with van der Waals surface area (Å²) in [6, 6.07) is 20.9. The monoisotopic (exact) mass is 296 g/mol. The predicted octanol–water partition coefficient (Wildman–Crippen LogP) is 4.95. The van der Waals surface area contributed by atoms with Crippen LogP contribution in [0, 0.1) is 0 Å². The predicted molar refractivity (Wildman–Crippen MR) is 92.1 cm³/mol. The molecule has 0 aliphatic heterocycles. The zero-order chi connectivity index (χ0) is 15.2. The molecule has 2 unspecified atom stereocenters. The Morgan fingerprint density at radius 2 is 1.04 bits per heavy atom. The third kappa shape index (κ3) is 1.88. The normalized spacial score (nSPS) is 20.7. The van der Waals surface area contributed by atoms with Gasteiger partial charge in [-0.25, -0.2) is 0 Å². The molecule has 0 fully saturated rings. The van der Waals surface area contributed by atoms with Gasteiger partial charge in [0.05, 0.1) is 11.4 Å². The highest BCUT2D eigenvalue weighted by molar-refractivity contribution is 5.76. The van der Waals surface area contributed by atoms with Gasteiger partial charge in [0.1, 0.15) is 0 Å². The number of rotatable bonds is 2. The molecule has 2 atom stereocenters. The molecule has 2 aliphatic rings. The maximum atomic E-state index is 4.63. The summed E-state index contributed by atoms with van der Waals surface area (Å²) in [4.78, 5) is 0. The van der Waals surface area contributed by atoms with Gasteiger partial charge in [0.25, 0.3) is 0 Å². The van der Waals surface area contributed by atoms with Gasteiger partial charge >= 0.3 is 0 Å². The van der Waals surface area contributed by atoms with Gasteiger partial charge in [-0.3, -0.25) is 0 Å². The van der Waals surface area contributed by atoms with Crippen molar-refractivity contribution in [3.63, 3.8) is 0 Å². The summed E-state index contributed by atoms with van der Waals surface area (Å²) in [6.07, 6.45) is 5.86. The van der Waals surface area contributed by atoms with Crippen LogP contribution in [0.25, 0.3) is 22.5 Å². The summed E-state index contributed by atoms with van der Waals surface area (Å²) in [7, 11) is 0. The smallest absolute Gasteiger partial charge is 0.0971 e. The second-order valence-corrected chi connectivity index (χ2v) is 6.29. The molecule has 0 N–H and O–H groups in total. The Hall–Kier alpha value is -2.74. The quantitative estimate of drug-likeness (QED) is 0.625. The van der Waals surface area contributed by atoms with E-state index in [9.17, 15) is 0 Å². The lowest BCUT2D eigenvalue weighted by Crippen LogP contribution is -2.05. The van der Waals surface area contributed by atoms with Crippen molar-refractivity contribution in [1.29, 1.82) is 0 Å². The SMILES string of the molecule is C1=CC2CC1c1c(-c3ccccc3)nnc(-c3ccccc3)c12. The highest BCUT2D eigenvalue weighted by Gasteiger charge is 2.38. The second-order valence-electron chi connectivity index (χ2n) is 6.29. The number of aromatic nitrogens is 2. The van der Waals surface area contributed by atoms with Crippen LogP contribution in [0.3, 0.4) is 0 Å². The Morgan fingerprint density at radius 3 is 1.48 bits per heavy atom. The molecular weight excluding hydrogens is 280 g/mol. The van der Waals surface area contributed by atoms with Crippen LogP contribution in [0.1, 0.15) is 29.4 Å². The van der Waals surface area contributed by atoms with E-state index < -0.39 is 0 Å². The second kappa shape index (κ2) is 4.88. The summed E-state index contributed by atoms with van der Waals surface area (Å²) < 4.78 is 0. The van der Waals surface area contributed by atoms with E-state index >= 15 is 0 Å². The first-order valence-electron chi connectivity index (χ1n) is 8.11. The third-order valence-corrected chi connectivity index (χ3v) is 4.97. The molecule has 1 aromatic heterocycles. The maximum Gasteiger partial charge on any atom is 0.0971 e. The molecule has 23 heavy (non-hydrogen) atoms. The summed E-state index contributed by atoms with van der Waals surface area (Å²) >= 11 is 0. The topological polar surface area (TPSA) is 25.8 Å². The third-order valence-electron chi connectivity index (χ3n) is 4.97. The van der Waals surface area contributed by atoms with Crippen LogP contribution in [-0.4, -0.2) is 10.2 Å². The van der Waals surface area contributed by atoms with Crippen molar-refractivity contribution in [2.75, 3.05) is 0 Å². The minimum atomic E-state index is 0.489. The molecular formula is C21H16N2. The van der Waals surface area contributed by atoms with Crippen LogP contribution in [-0.2, 0) is 0 Å². The molecule has 2 nitrogen and oxygen atoms in total. The van der Waals surface area contributed by atoms with E-state index in [1.807, 2.05) is 12.1 Å². The summed E-state index contributed by atoms with van der Waals surface area (Å²) in [5.74, 6) is 0.978. The van der Waals surface area contributed by atoms with Gasteiger partial charge in [-0.2, -0.15) is 0 Å². The van der Waals surface area contributed by atoms with E-state index in [2.05, 4.69) is 70.9 Å². The number of hydrogen-bond acceptors (Lipinski definition) is 2. The first-order valence-corrected chi connectivity index (χ1v) is 8.11. The molecule has 0 amide bonds. The molecule has 5 rings (SSSR count). The van der Waals surface area contributed by atoms with Crippen molar-refractivity contribution in [1.82, 2.24) is 10.2 Å². The Bertz CT molecular complexity index is 823. The van der Waals surface area contributed by atoms with Crippen LogP contribution < -0.4 is 0 Å². The lowest BCUT2D eigenvalue weighted by atomic mass is 9.90. The van der Waals surface area contributed by atoms with Crippen LogP contribution in [0.5, 0.6) is 0 Å². The van der Waals surface area contributed by atoms with Gasteiger partial charge < -0.3 is 0 Å². The van der Waals surface area contributed by atoms with Gasteiger partial charge in [-0.05, 0) is 17.5 Å². The van der Waals surface area contributed by atoms with E-state index in [0.29, 0.717) is 11.8 Å². The highest BCUT2D eigenvalue weighted by atomic mass is 15.1. The fourth-order valence-electron chi connectivity index (χ4n) is 3.96. The summed E-state index contributed by atoms with van der Waals surface area (Å²) in [5, 5.41) is 9.26. The van der Waals surface area contributed by atoms with Crippen molar-refractivity contribution in [2.45, 2.75) is 18.3 Å². The summed E-state index contributed by atoms with van der Waals surface area (Å²) in [5.41, 5.74) is 7.21. The minimum Gasteiger partial charge on any atom is -0.150 e. The first-order chi connectivity index (χ1) is 11.4. The lowest BCUT2D eigenvalue weighted by Gasteiger charge is -2.17. The molecule has 2 bridgehead atoms. The van der Waals surface area contributed by atoms with Crippen LogP contribution in [0.15, 0.2) is 72.8 Å². The summed E-state index contributed by atoms with van der Waals surface area (Å²) in [6.45, 7) is 0. The molecule has 0 spiro atoms. The zero-order valence-corrected chi connectivity index (χ0v) is 12.7. The Balaban J connectivity index is 1.77. The largest absolute Gasteiger partial charge is 0.150 e. The number of allylic oxidation sites excluding steroid dienone is 2. The lowest BCUT2D eigenvalue weighted by molar-refractivity contribution is 0.805. The maximum absolute atomic E-state index is 4.63. The molecule has 0 saturated heterocycles. The van der Waals surface area contributed by atoms with Crippen LogP contribution in [0.2, 0.25) is 0 Å². The Labute approximate surface area is 135 Å². The number of hydrogen-bond donors (Lipinski definition) is 0. The molecule has 2 aliphatic carbocycles. The van der Waals surface area contributed by atoms with Gasteiger partial charge in [0, 0.05) is 23.0 Å². The average Bonchev–Trinajstić information content (AvgIpc) is 3.25. The minimum absolute atomic E-state index is 0.489. The molecule has 3 aromatic rings. The van der Waals surface area contributed by atoms with Crippen LogP contribution >= 0.6 is 0 Å². The number of benzene rings is 2. The van der Waals surface area contributed by atoms with Crippen molar-refractivity contribution >= 4 is 0 Å². The fourth-order valence-corrected chi connectivity index (χ4v) is 3.96. The standard InChI is InChI=1S/C21H16N2/c1-3-7-14(8-4-1)20-18-16-11-12-17(13-16)19(18)21(23-22-20)15-9-5-2-6-10-15/h1-12,16-17H,13H2. The van der Waals surface area contributed by atoms with E-state index in [4.69, 9.17) is 0 Å². The van der Waals surface area contributed by atoms with E-state index in [0.717, 1.165) is 22.5 Å². The van der Waals surface area contributed by atoms with Gasteiger partial charge in [-0.1, -0.05) is 72.8 Å². The van der Waals surface area contributed by atoms with Crippen molar-refractivity contribution in [3.8, 4) is 22.5 Å². The molecule has 2 heteroatoms. The zero-order valence-electron chi connectivity index (χ0n) is 12.7. The van der Waals surface area contributed by atoms with Crippen molar-refractivity contribution in [3.05, 3.63) is 83.9 Å². The highest BCUT2D eigenvalue weighted by Crippen LogP contribution is 2.53. The van der Waals surface area contributed by atoms with E-state index in [1.54, 1.807) is 0 Å². The molecule has 0 radical (unpaired) electrons. The average molecular weight is 296 g/mol. The molecule has 0 saturated carbocycles. The number of fused-ring (bicyclic) bond motifs is 5. The van der Waals surface area contributed by atoms with Gasteiger partial charge in [0.15, 0.2) is 0 Å². The molecule has 1 heterocycles. The Kier molecular flexibility index (Phi) is 2.71. The fraction of sp³-hybridized carbons (Fsp3) is 0.143. The Morgan fingerprint density at radius 1 is 0.609 bits per heavy atom. The molecule has 110 valence electrons. The van der Waals surface area contributed by atoms with E-state index in [-0.39, 0.29) is 0 Å². The van der Waals surface area contributed by atoms with Crippen LogP contribution in [0.4, 0.5) is 0 Å².